The summed E-state index contributed by atoms with van der Waals surface area (Å²) in [5.41, 5.74) is 9.45. The molecule has 0 atom stereocenters. The number of anilines is 1. The van der Waals surface area contributed by atoms with E-state index >= 15 is 0 Å². The fraction of sp³-hybridized carbons (Fsp3) is 0.200. The standard InChI is InChI=1S/C30H26N4O3S3/c1-17-23(18-10-4-2-5-11-18)25-28(39-17)33-30(34(29(25)37)19-12-6-3-7-13-19)38-16-22(35)32-27-24(26(31)36)20-14-8-9-15-21(20)40-27/h2-7,10-13H,8-9,14-16H2,1H3,(H2,31,36)(H,32,35). The number of hydrogen-bond acceptors (Lipinski definition) is 7. The second-order valence-electron chi connectivity index (χ2n) is 9.57. The average Bonchev–Trinajstić information content (AvgIpc) is 3.49. The Morgan fingerprint density at radius 1 is 1.02 bits per heavy atom. The first-order valence-electron chi connectivity index (χ1n) is 13.0. The third-order valence-corrected chi connectivity index (χ3v) is 10.1. The van der Waals surface area contributed by atoms with Crippen molar-refractivity contribution in [1.82, 2.24) is 9.55 Å². The van der Waals surface area contributed by atoms with Crippen molar-refractivity contribution in [2.45, 2.75) is 37.8 Å². The van der Waals surface area contributed by atoms with E-state index in [-0.39, 0.29) is 17.2 Å². The summed E-state index contributed by atoms with van der Waals surface area (Å²) in [4.78, 5) is 47.1. The van der Waals surface area contributed by atoms with Crippen molar-refractivity contribution in [1.29, 1.82) is 0 Å². The van der Waals surface area contributed by atoms with Crippen LogP contribution in [0.25, 0.3) is 27.0 Å². The lowest BCUT2D eigenvalue weighted by molar-refractivity contribution is -0.113. The number of benzene rings is 2. The van der Waals surface area contributed by atoms with E-state index in [0.29, 0.717) is 31.6 Å². The van der Waals surface area contributed by atoms with Gasteiger partial charge in [-0.05, 0) is 55.9 Å². The molecule has 0 spiro atoms. The van der Waals surface area contributed by atoms with Crippen LogP contribution >= 0.6 is 34.4 Å². The number of carbonyl (C=O) groups excluding carboxylic acids is 2. The molecule has 0 saturated heterocycles. The summed E-state index contributed by atoms with van der Waals surface area (Å²) in [6, 6.07) is 19.2. The van der Waals surface area contributed by atoms with Crippen molar-refractivity contribution in [3.05, 3.63) is 91.9 Å². The number of hydrogen-bond donors (Lipinski definition) is 2. The number of primary amides is 1. The number of para-hydroxylation sites is 1. The van der Waals surface area contributed by atoms with Gasteiger partial charge in [0.1, 0.15) is 9.83 Å². The third-order valence-electron chi connectivity index (χ3n) is 6.95. The van der Waals surface area contributed by atoms with Gasteiger partial charge in [-0.2, -0.15) is 0 Å². The van der Waals surface area contributed by atoms with Gasteiger partial charge >= 0.3 is 0 Å². The van der Waals surface area contributed by atoms with Crippen LogP contribution in [0.3, 0.4) is 0 Å². The van der Waals surface area contributed by atoms with Gasteiger partial charge in [-0.25, -0.2) is 4.98 Å². The largest absolute Gasteiger partial charge is 0.365 e. The fourth-order valence-electron chi connectivity index (χ4n) is 5.20. The Labute approximate surface area is 243 Å². The fourth-order valence-corrected chi connectivity index (χ4v) is 8.41. The zero-order chi connectivity index (χ0) is 27.8. The van der Waals surface area contributed by atoms with Crippen molar-refractivity contribution in [2.24, 2.45) is 5.73 Å². The van der Waals surface area contributed by atoms with Gasteiger partial charge in [-0.3, -0.25) is 19.0 Å². The molecule has 1 aliphatic rings. The Kier molecular flexibility index (Phi) is 7.31. The number of nitrogens with one attached hydrogen (secondary N) is 1. The summed E-state index contributed by atoms with van der Waals surface area (Å²) in [6.45, 7) is 2.00. The molecule has 0 radical (unpaired) electrons. The average molecular weight is 587 g/mol. The van der Waals surface area contributed by atoms with E-state index in [1.807, 2.05) is 67.6 Å². The quantitative estimate of drug-likeness (QED) is 0.175. The summed E-state index contributed by atoms with van der Waals surface area (Å²) in [5.74, 6) is -0.788. The number of amides is 2. The number of aromatic nitrogens is 2. The topological polar surface area (TPSA) is 107 Å². The molecule has 5 aromatic rings. The molecule has 10 heteroatoms. The minimum atomic E-state index is -0.519. The number of nitrogens with zero attached hydrogens (tertiary/aromatic N) is 2. The molecule has 0 saturated carbocycles. The molecule has 40 heavy (non-hydrogen) atoms. The maximum absolute atomic E-state index is 14.1. The van der Waals surface area contributed by atoms with Crippen LogP contribution in [0.1, 0.15) is 38.5 Å². The van der Waals surface area contributed by atoms with E-state index < -0.39 is 5.91 Å². The number of nitrogens with two attached hydrogens (primary N) is 1. The molecule has 3 heterocycles. The van der Waals surface area contributed by atoms with Crippen LogP contribution in [0.15, 0.2) is 70.6 Å². The number of aryl methyl sites for hydroxylation is 2. The zero-order valence-corrected chi connectivity index (χ0v) is 24.2. The highest BCUT2D eigenvalue weighted by molar-refractivity contribution is 7.99. The van der Waals surface area contributed by atoms with E-state index in [1.165, 1.54) is 34.4 Å². The molecule has 2 amide bonds. The van der Waals surface area contributed by atoms with Gasteiger partial charge in [0.25, 0.3) is 11.5 Å². The van der Waals surface area contributed by atoms with Crippen LogP contribution in [0, 0.1) is 6.92 Å². The van der Waals surface area contributed by atoms with Crippen LogP contribution in [-0.4, -0.2) is 27.1 Å². The molecule has 6 rings (SSSR count). The SMILES string of the molecule is Cc1sc2nc(SCC(=O)Nc3sc4c(c3C(N)=O)CCCC4)n(-c3ccccc3)c(=O)c2c1-c1ccccc1. The summed E-state index contributed by atoms with van der Waals surface area (Å²) >= 11 is 4.10. The third kappa shape index (κ3) is 4.87. The van der Waals surface area contributed by atoms with Crippen molar-refractivity contribution >= 4 is 61.5 Å². The predicted octanol–water partition coefficient (Wildman–Crippen LogP) is 6.19. The van der Waals surface area contributed by atoms with Gasteiger partial charge < -0.3 is 11.1 Å². The first kappa shape index (κ1) is 26.5. The highest BCUT2D eigenvalue weighted by Gasteiger charge is 2.26. The van der Waals surface area contributed by atoms with Gasteiger partial charge in [-0.15, -0.1) is 22.7 Å². The summed E-state index contributed by atoms with van der Waals surface area (Å²) in [6.07, 6.45) is 3.76. The lowest BCUT2D eigenvalue weighted by Gasteiger charge is -2.13. The van der Waals surface area contributed by atoms with Gasteiger partial charge in [-0.1, -0.05) is 60.3 Å². The molecule has 2 aromatic carbocycles. The second kappa shape index (κ2) is 11.0. The zero-order valence-electron chi connectivity index (χ0n) is 21.7. The molecule has 3 N–H and O–H groups in total. The summed E-state index contributed by atoms with van der Waals surface area (Å²) in [5, 5.41) is 4.42. The van der Waals surface area contributed by atoms with Crippen LogP contribution in [0.4, 0.5) is 5.00 Å². The van der Waals surface area contributed by atoms with Crippen molar-refractivity contribution < 1.29 is 9.59 Å². The van der Waals surface area contributed by atoms with Crippen molar-refractivity contribution in [3.63, 3.8) is 0 Å². The molecule has 7 nitrogen and oxygen atoms in total. The maximum atomic E-state index is 14.1. The molecule has 0 unspecified atom stereocenters. The van der Waals surface area contributed by atoms with Gasteiger partial charge in [0.2, 0.25) is 5.91 Å². The van der Waals surface area contributed by atoms with Crippen LogP contribution < -0.4 is 16.6 Å². The van der Waals surface area contributed by atoms with E-state index in [1.54, 1.807) is 4.57 Å². The maximum Gasteiger partial charge on any atom is 0.268 e. The number of thiophene rings is 2. The summed E-state index contributed by atoms with van der Waals surface area (Å²) in [7, 11) is 0. The monoisotopic (exact) mass is 586 g/mol. The first-order chi connectivity index (χ1) is 19.4. The molecular weight excluding hydrogens is 561 g/mol. The summed E-state index contributed by atoms with van der Waals surface area (Å²) < 4.78 is 1.58. The highest BCUT2D eigenvalue weighted by atomic mass is 32.2. The predicted molar refractivity (Wildman–Crippen MR) is 164 cm³/mol. The van der Waals surface area contributed by atoms with Crippen molar-refractivity contribution in [3.8, 4) is 16.8 Å². The molecule has 0 bridgehead atoms. The lowest BCUT2D eigenvalue weighted by atomic mass is 9.95. The van der Waals surface area contributed by atoms with Crippen LogP contribution in [-0.2, 0) is 17.6 Å². The Balaban J connectivity index is 1.36. The van der Waals surface area contributed by atoms with E-state index in [4.69, 9.17) is 10.7 Å². The molecular formula is C30H26N4O3S3. The molecule has 1 aliphatic carbocycles. The van der Waals surface area contributed by atoms with E-state index in [2.05, 4.69) is 5.32 Å². The Morgan fingerprint density at radius 3 is 2.45 bits per heavy atom. The minimum absolute atomic E-state index is 0.0153. The second-order valence-corrected chi connectivity index (χ2v) is 12.8. The van der Waals surface area contributed by atoms with Gasteiger partial charge in [0.15, 0.2) is 5.16 Å². The molecule has 3 aromatic heterocycles. The molecule has 0 fully saturated rings. The highest BCUT2D eigenvalue weighted by Crippen LogP contribution is 2.39. The molecule has 0 aliphatic heterocycles. The van der Waals surface area contributed by atoms with Crippen LogP contribution in [0.5, 0.6) is 0 Å². The van der Waals surface area contributed by atoms with Crippen LogP contribution in [0.2, 0.25) is 0 Å². The number of rotatable bonds is 7. The normalized spacial score (nSPS) is 12.8. The van der Waals surface area contributed by atoms with Crippen molar-refractivity contribution in [2.75, 3.05) is 11.1 Å². The van der Waals surface area contributed by atoms with Gasteiger partial charge in [0.05, 0.1) is 22.4 Å². The number of thioether (sulfide) groups is 1. The first-order valence-corrected chi connectivity index (χ1v) is 15.6. The number of carbonyl (C=O) groups is 2. The molecule has 202 valence electrons. The van der Waals surface area contributed by atoms with E-state index in [0.717, 1.165) is 52.1 Å². The Morgan fingerprint density at radius 2 is 1.73 bits per heavy atom. The van der Waals surface area contributed by atoms with Gasteiger partial charge in [0, 0.05) is 15.3 Å². The number of fused-ring (bicyclic) bond motifs is 2. The lowest BCUT2D eigenvalue weighted by Crippen LogP contribution is -2.23. The van der Waals surface area contributed by atoms with E-state index in [9.17, 15) is 14.4 Å². The smallest absolute Gasteiger partial charge is 0.268 e. The minimum Gasteiger partial charge on any atom is -0.365 e. The Bertz CT molecular complexity index is 1810. The Hall–Kier alpha value is -3.73.